The lowest BCUT2D eigenvalue weighted by molar-refractivity contribution is 0.493. The maximum Gasteiger partial charge on any atom is 0.392 e. The standard InChI is InChI=1S/C42H33N2O2PS/c1-2-43-39-25-21-31-13-7-9-17-37(31)41(39)42-38-18-10-8-14-32(38)22-26-40(42)44-47(48,45-35-23-19-29-11-3-5-15-33(29)27-35)46-36-24-20-30-12-4-6-16-34(30)28-36/h3-28,43H,2H2,1H3,(H,44,48). The summed E-state index contributed by atoms with van der Waals surface area (Å²) in [5.41, 5.74) is 4.04. The van der Waals surface area contributed by atoms with Crippen molar-refractivity contribution in [2.45, 2.75) is 6.92 Å². The van der Waals surface area contributed by atoms with E-state index in [0.717, 1.165) is 72.1 Å². The molecule has 234 valence electrons. The molecule has 0 aliphatic carbocycles. The highest BCUT2D eigenvalue weighted by atomic mass is 32.5. The van der Waals surface area contributed by atoms with E-state index in [-0.39, 0.29) is 0 Å². The fraction of sp³-hybridized carbons (Fsp3) is 0.0476. The van der Waals surface area contributed by atoms with Crippen LogP contribution < -0.4 is 19.5 Å². The molecule has 0 radical (unpaired) electrons. The fourth-order valence-electron chi connectivity index (χ4n) is 6.45. The van der Waals surface area contributed by atoms with Crippen molar-refractivity contribution < 1.29 is 9.05 Å². The number of hydrogen-bond acceptors (Lipinski definition) is 4. The van der Waals surface area contributed by atoms with Gasteiger partial charge in [0.2, 0.25) is 0 Å². The average molecular weight is 661 g/mol. The van der Waals surface area contributed by atoms with Gasteiger partial charge in [-0.15, -0.1) is 0 Å². The zero-order chi connectivity index (χ0) is 32.5. The number of nitrogens with one attached hydrogen (secondary N) is 2. The van der Waals surface area contributed by atoms with E-state index in [0.29, 0.717) is 11.5 Å². The monoisotopic (exact) mass is 660 g/mol. The van der Waals surface area contributed by atoms with Crippen LogP contribution in [0.25, 0.3) is 54.2 Å². The van der Waals surface area contributed by atoms with E-state index in [2.05, 4.69) is 127 Å². The molecule has 0 saturated heterocycles. The van der Waals surface area contributed by atoms with Gasteiger partial charge in [-0.2, -0.15) is 0 Å². The normalized spacial score (nSPS) is 11.6. The first-order valence-corrected chi connectivity index (χ1v) is 18.7. The molecular weight excluding hydrogens is 628 g/mol. The van der Waals surface area contributed by atoms with Crippen LogP contribution in [-0.2, 0) is 11.8 Å². The van der Waals surface area contributed by atoms with Crippen molar-refractivity contribution in [2.24, 2.45) is 0 Å². The van der Waals surface area contributed by atoms with Gasteiger partial charge in [-0.1, -0.05) is 121 Å². The van der Waals surface area contributed by atoms with Crippen LogP contribution in [0, 0.1) is 0 Å². The summed E-state index contributed by atoms with van der Waals surface area (Å²) < 4.78 is 13.6. The molecule has 0 fully saturated rings. The number of anilines is 2. The summed E-state index contributed by atoms with van der Waals surface area (Å²) >= 11 is 6.45. The summed E-state index contributed by atoms with van der Waals surface area (Å²) in [6.07, 6.45) is 0. The summed E-state index contributed by atoms with van der Waals surface area (Å²) in [6, 6.07) is 54.1. The molecule has 0 unspecified atom stereocenters. The van der Waals surface area contributed by atoms with Crippen LogP contribution in [0.4, 0.5) is 11.4 Å². The van der Waals surface area contributed by atoms with Crippen LogP contribution in [0.2, 0.25) is 0 Å². The van der Waals surface area contributed by atoms with Crippen LogP contribution in [0.1, 0.15) is 6.92 Å². The Morgan fingerprint density at radius 1 is 0.479 bits per heavy atom. The lowest BCUT2D eigenvalue weighted by atomic mass is 9.91. The second kappa shape index (κ2) is 12.7. The molecule has 0 aromatic heterocycles. The third-order valence-corrected chi connectivity index (χ3v) is 10.8. The summed E-state index contributed by atoms with van der Waals surface area (Å²) in [6.45, 7) is -0.389. The van der Waals surface area contributed by atoms with E-state index in [9.17, 15) is 0 Å². The van der Waals surface area contributed by atoms with Crippen molar-refractivity contribution in [3.05, 3.63) is 158 Å². The van der Waals surface area contributed by atoms with Gasteiger partial charge in [0.1, 0.15) is 11.5 Å². The van der Waals surface area contributed by atoms with Crippen molar-refractivity contribution in [1.82, 2.24) is 0 Å². The van der Waals surface area contributed by atoms with Gasteiger partial charge in [0.25, 0.3) is 0 Å². The van der Waals surface area contributed by atoms with Gasteiger partial charge in [-0.3, -0.25) is 5.09 Å². The SMILES string of the molecule is CCNc1ccc2ccccc2c1-c1c(NP(=S)(Oc2ccc3ccccc3c2)Oc2ccc3ccccc3c2)ccc2ccccc12. The molecule has 0 spiro atoms. The Labute approximate surface area is 285 Å². The molecule has 0 heterocycles. The molecule has 0 saturated carbocycles. The zero-order valence-corrected chi connectivity index (χ0v) is 28.1. The van der Waals surface area contributed by atoms with Crippen molar-refractivity contribution in [3.8, 4) is 22.6 Å². The summed E-state index contributed by atoms with van der Waals surface area (Å²) in [7, 11) is 0. The predicted molar refractivity (Wildman–Crippen MR) is 208 cm³/mol. The lowest BCUT2D eigenvalue weighted by Gasteiger charge is -2.27. The Hall–Kier alpha value is -5.35. The van der Waals surface area contributed by atoms with Crippen LogP contribution in [0.5, 0.6) is 11.5 Å². The van der Waals surface area contributed by atoms with E-state index in [4.69, 9.17) is 20.9 Å². The molecule has 8 rings (SSSR count). The maximum absolute atomic E-state index is 6.78. The first-order valence-electron chi connectivity index (χ1n) is 16.1. The number of fused-ring (bicyclic) bond motifs is 4. The second-order valence-electron chi connectivity index (χ2n) is 11.8. The van der Waals surface area contributed by atoms with E-state index in [1.807, 2.05) is 48.5 Å². The maximum atomic E-state index is 6.78. The third-order valence-electron chi connectivity index (χ3n) is 8.63. The molecule has 6 heteroatoms. The highest BCUT2D eigenvalue weighted by Crippen LogP contribution is 2.53. The van der Waals surface area contributed by atoms with Crippen LogP contribution in [0.15, 0.2) is 158 Å². The van der Waals surface area contributed by atoms with Crippen molar-refractivity contribution in [2.75, 3.05) is 16.9 Å². The minimum absolute atomic E-state index is 0.645. The number of hydrogen-bond donors (Lipinski definition) is 2. The molecule has 8 aromatic carbocycles. The molecule has 0 amide bonds. The van der Waals surface area contributed by atoms with Gasteiger partial charge in [0.05, 0.1) is 5.69 Å². The topological polar surface area (TPSA) is 42.5 Å². The van der Waals surface area contributed by atoms with Crippen molar-refractivity contribution in [1.29, 1.82) is 0 Å². The molecule has 8 aromatic rings. The molecule has 0 atom stereocenters. The minimum Gasteiger partial charge on any atom is -0.421 e. The van der Waals surface area contributed by atoms with Crippen LogP contribution >= 0.6 is 6.64 Å². The lowest BCUT2D eigenvalue weighted by Crippen LogP contribution is -2.11. The van der Waals surface area contributed by atoms with Gasteiger partial charge in [0, 0.05) is 35.2 Å². The van der Waals surface area contributed by atoms with Gasteiger partial charge >= 0.3 is 6.64 Å². The van der Waals surface area contributed by atoms with Gasteiger partial charge in [-0.25, -0.2) is 0 Å². The Morgan fingerprint density at radius 3 is 1.42 bits per heavy atom. The van der Waals surface area contributed by atoms with Gasteiger partial charge in [0.15, 0.2) is 0 Å². The summed E-state index contributed by atoms with van der Waals surface area (Å²) in [5, 5.41) is 16.3. The number of benzene rings is 8. The van der Waals surface area contributed by atoms with Crippen LogP contribution in [-0.4, -0.2) is 6.54 Å². The largest absolute Gasteiger partial charge is 0.421 e. The summed E-state index contributed by atoms with van der Waals surface area (Å²) in [4.78, 5) is 0. The molecular formula is C42H33N2O2PS. The highest BCUT2D eigenvalue weighted by molar-refractivity contribution is 8.10. The van der Waals surface area contributed by atoms with E-state index >= 15 is 0 Å². The second-order valence-corrected chi connectivity index (χ2v) is 14.8. The Balaban J connectivity index is 1.32. The molecule has 0 aliphatic heterocycles. The average Bonchev–Trinajstić information content (AvgIpc) is 3.11. The Morgan fingerprint density at radius 2 is 0.896 bits per heavy atom. The molecule has 0 bridgehead atoms. The first-order chi connectivity index (χ1) is 23.6. The van der Waals surface area contributed by atoms with E-state index < -0.39 is 6.64 Å². The van der Waals surface area contributed by atoms with E-state index in [1.165, 1.54) is 0 Å². The van der Waals surface area contributed by atoms with Crippen LogP contribution in [0.3, 0.4) is 0 Å². The Bertz CT molecular complexity index is 2430. The zero-order valence-electron chi connectivity index (χ0n) is 26.4. The van der Waals surface area contributed by atoms with Gasteiger partial charge < -0.3 is 14.4 Å². The predicted octanol–water partition coefficient (Wildman–Crippen LogP) is 12.2. The molecule has 48 heavy (non-hydrogen) atoms. The van der Waals surface area contributed by atoms with Crippen molar-refractivity contribution in [3.63, 3.8) is 0 Å². The quantitative estimate of drug-likeness (QED) is 0.151. The van der Waals surface area contributed by atoms with Gasteiger partial charge in [-0.05, 0) is 86.4 Å². The molecule has 4 nitrogen and oxygen atoms in total. The Kier molecular flexibility index (Phi) is 7.93. The van der Waals surface area contributed by atoms with Crippen molar-refractivity contribution >= 4 is 72.9 Å². The van der Waals surface area contributed by atoms with E-state index in [1.54, 1.807) is 0 Å². The fourth-order valence-corrected chi connectivity index (χ4v) is 8.65. The third kappa shape index (κ3) is 5.84. The minimum atomic E-state index is -3.29. The first kappa shape index (κ1) is 30.0. The number of rotatable bonds is 9. The highest BCUT2D eigenvalue weighted by Gasteiger charge is 2.27. The smallest absolute Gasteiger partial charge is 0.392 e. The molecule has 0 aliphatic rings. The summed E-state index contributed by atoms with van der Waals surface area (Å²) in [5.74, 6) is 1.29. The molecule has 2 N–H and O–H groups in total.